The number of aliphatic hydroxyl groups is 6. The molecule has 2 aliphatic carbocycles. The number of rotatable bonds is 12. The molecule has 11 unspecified atom stereocenters. The van der Waals surface area contributed by atoms with E-state index in [1.54, 1.807) is 53.8 Å². The van der Waals surface area contributed by atoms with E-state index in [1.807, 2.05) is 6.08 Å². The third-order valence-corrected chi connectivity index (χ3v) is 14.9. The summed E-state index contributed by atoms with van der Waals surface area (Å²) in [7, 11) is 3.21. The molecule has 18 nitrogen and oxygen atoms in total. The number of nitrogens with one attached hydrogen (secondary N) is 2. The molecule has 0 aromatic rings. The number of ether oxygens (including phenoxy) is 5. The second-order valence-corrected chi connectivity index (χ2v) is 19.7. The zero-order valence-electron chi connectivity index (χ0n) is 35.9. The van der Waals surface area contributed by atoms with Crippen molar-refractivity contribution in [3.8, 4) is 0 Å². The predicted molar refractivity (Wildman–Crippen MR) is 233 cm³/mol. The molecular formula is C43H65N4O14S2+. The predicted octanol–water partition coefficient (Wildman–Crippen LogP) is 0.351. The van der Waals surface area contributed by atoms with Crippen molar-refractivity contribution in [1.82, 2.24) is 5.32 Å². The van der Waals surface area contributed by atoms with Crippen LogP contribution in [0.15, 0.2) is 63.7 Å². The number of esters is 1. The molecule has 63 heavy (non-hydrogen) atoms. The lowest BCUT2D eigenvalue weighted by atomic mass is 9.80. The summed E-state index contributed by atoms with van der Waals surface area (Å²) in [5.74, 6) is -5.16. The lowest BCUT2D eigenvalue weighted by molar-refractivity contribution is -0.867. The number of guanidine groups is 1. The van der Waals surface area contributed by atoms with Crippen LogP contribution in [0, 0.1) is 17.8 Å². The number of aliphatic carboxylic acids is 1. The van der Waals surface area contributed by atoms with Crippen molar-refractivity contribution in [2.45, 2.75) is 127 Å². The summed E-state index contributed by atoms with van der Waals surface area (Å²) in [4.78, 5) is 32.5. The van der Waals surface area contributed by atoms with Gasteiger partial charge in [0.1, 0.15) is 42.7 Å². The maximum Gasteiger partial charge on any atom is 0.343 e. The van der Waals surface area contributed by atoms with E-state index in [1.165, 1.54) is 6.26 Å². The number of carboxylic acid groups (broad SMARTS) is 1. The Balaban J connectivity index is 1.49. The van der Waals surface area contributed by atoms with Gasteiger partial charge in [-0.15, -0.1) is 0 Å². The van der Waals surface area contributed by atoms with Gasteiger partial charge in [0.25, 0.3) is 0 Å². The molecule has 2 saturated carbocycles. The highest BCUT2D eigenvalue weighted by Crippen LogP contribution is 2.42. The number of allylic oxidation sites excluding steroid dienone is 2. The number of aliphatic imine (C=N–C) groups is 1. The van der Waals surface area contributed by atoms with Crippen molar-refractivity contribution in [2.24, 2.45) is 28.5 Å². The molecule has 0 aromatic heterocycles. The topological polar surface area (TPSA) is 277 Å². The van der Waals surface area contributed by atoms with Gasteiger partial charge in [0, 0.05) is 36.3 Å². The minimum Gasteiger partial charge on any atom is -0.477 e. The third-order valence-electron chi connectivity index (χ3n) is 12.3. The van der Waals surface area contributed by atoms with Gasteiger partial charge < -0.3 is 70.5 Å². The van der Waals surface area contributed by atoms with Crippen LogP contribution in [-0.4, -0.2) is 153 Å². The number of fused-ring (bicyclic) bond motifs is 4. The second kappa shape index (κ2) is 23.0. The Kier molecular flexibility index (Phi) is 18.0. The summed E-state index contributed by atoms with van der Waals surface area (Å²) in [6.07, 6.45) is 6.76. The van der Waals surface area contributed by atoms with E-state index in [-0.39, 0.29) is 67.2 Å². The molecule has 11 atom stereocenters. The Labute approximate surface area is 375 Å². The van der Waals surface area contributed by atoms with E-state index in [4.69, 9.17) is 29.4 Å². The average molecular weight is 926 g/mol. The monoisotopic (exact) mass is 925 g/mol. The lowest BCUT2D eigenvalue weighted by Crippen LogP contribution is -3.13. The van der Waals surface area contributed by atoms with Gasteiger partial charge in [-0.3, -0.25) is 9.89 Å². The van der Waals surface area contributed by atoms with Gasteiger partial charge in [-0.2, -0.15) is 0 Å². The molecule has 0 spiro atoms. The first kappa shape index (κ1) is 49.4. The van der Waals surface area contributed by atoms with Crippen molar-refractivity contribution < 1.29 is 73.9 Å². The summed E-state index contributed by atoms with van der Waals surface area (Å²) < 4.78 is 31.0. The molecule has 3 fully saturated rings. The molecule has 0 aromatic carbocycles. The van der Waals surface area contributed by atoms with Gasteiger partial charge in [-0.1, -0.05) is 51.8 Å². The van der Waals surface area contributed by atoms with Crippen LogP contribution in [0.2, 0.25) is 0 Å². The number of hydrogen-bond acceptors (Lipinski definition) is 16. The van der Waals surface area contributed by atoms with Crippen molar-refractivity contribution in [1.29, 1.82) is 0 Å². The van der Waals surface area contributed by atoms with Crippen LogP contribution < -0.4 is 16.0 Å². The van der Waals surface area contributed by atoms with Crippen LogP contribution in [0.25, 0.3) is 0 Å². The summed E-state index contributed by atoms with van der Waals surface area (Å²) in [5.41, 5.74) is 8.10. The highest BCUT2D eigenvalue weighted by molar-refractivity contribution is 8.76. The summed E-state index contributed by atoms with van der Waals surface area (Å²) in [6.45, 7) is 2.62. The smallest absolute Gasteiger partial charge is 0.343 e. The quantitative estimate of drug-likeness (QED) is 0.0241. The number of quaternary nitrogens is 1. The van der Waals surface area contributed by atoms with Gasteiger partial charge in [-0.05, 0) is 65.2 Å². The Morgan fingerprint density at radius 3 is 2.56 bits per heavy atom. The first-order valence-electron chi connectivity index (χ1n) is 22.0. The van der Waals surface area contributed by atoms with E-state index in [0.29, 0.717) is 34.8 Å². The normalized spacial score (nSPS) is 34.3. The van der Waals surface area contributed by atoms with E-state index in [2.05, 4.69) is 10.3 Å². The number of nitrogens with two attached hydrogens (primary N) is 1. The van der Waals surface area contributed by atoms with Crippen molar-refractivity contribution in [3.63, 3.8) is 0 Å². The fourth-order valence-corrected chi connectivity index (χ4v) is 11.7. The molecule has 6 rings (SSSR count). The number of carboxylic acids is 1. The Hall–Kier alpha value is -2.99. The van der Waals surface area contributed by atoms with Crippen LogP contribution in [-0.2, 0) is 33.3 Å². The molecule has 11 N–H and O–H groups in total. The molecule has 0 radical (unpaired) electrons. The molecule has 20 heteroatoms. The van der Waals surface area contributed by atoms with E-state index < -0.39 is 73.2 Å². The standard InChI is InChI=1S/C43H64N4O14S2/c1-24(2)58-37-41(60-34(20-50)36(51)43(37,55)56)61-40-30(16-25-8-4-3-5-9-25)29-13-12-26-17-47(18-31(38(52)53)35(26)46-42(44)45-14-7-15-48)28(19-49)23-63-62-22-27-10-6-11-33(27)59-39(54)32(29)21-57-40/h12-13,16,18,21,24,27-30,33-34,36-37,40-41,48-51,55-56H,3-11,14-15,17,19-20,22-23H2,1-2H3,(H,52,53)(H3,44,45,46)/p+1. The van der Waals surface area contributed by atoms with E-state index >= 15 is 0 Å². The highest BCUT2D eigenvalue weighted by Gasteiger charge is 2.58. The largest absolute Gasteiger partial charge is 0.477 e. The first-order chi connectivity index (χ1) is 30.2. The molecular weight excluding hydrogens is 861 g/mol. The van der Waals surface area contributed by atoms with Crippen LogP contribution in [0.1, 0.15) is 71.6 Å². The first-order valence-corrected chi connectivity index (χ1v) is 24.5. The molecule has 352 valence electrons. The van der Waals surface area contributed by atoms with Crippen LogP contribution in [0.4, 0.5) is 0 Å². The maximum absolute atomic E-state index is 14.5. The number of carbonyl (C=O) groups excluding carboxylic acids is 1. The SMILES string of the molecule is CC(C)OC1C(OC2OC=C3C(=O)OC4CCCC4CSSCC(CO)[NH+]4C=C(C(=O)O)C(NC(N)=NCCCO)=C(C=CC3C2C=C2CCCCC2)C4)OC(CO)C(O)C1(O)O. The maximum atomic E-state index is 14.5. The average Bonchev–Trinajstić information content (AvgIpc) is 3.70. The van der Waals surface area contributed by atoms with Gasteiger partial charge in [0.2, 0.25) is 12.1 Å². The summed E-state index contributed by atoms with van der Waals surface area (Å²) in [6, 6.07) is -0.384. The Morgan fingerprint density at radius 1 is 1.10 bits per heavy atom. The van der Waals surface area contributed by atoms with Gasteiger partial charge in [-0.25, -0.2) is 9.59 Å². The molecule has 4 aliphatic heterocycles. The number of hydrogen-bond donors (Lipinski definition) is 10. The molecule has 4 heterocycles. The van der Waals surface area contributed by atoms with Crippen LogP contribution in [0.3, 0.4) is 0 Å². The van der Waals surface area contributed by atoms with Crippen molar-refractivity contribution in [2.75, 3.05) is 44.4 Å². The molecule has 2 bridgehead atoms. The fourth-order valence-electron chi connectivity index (χ4n) is 8.91. The summed E-state index contributed by atoms with van der Waals surface area (Å²) >= 11 is 0. The fraction of sp³-hybridized carbons (Fsp3) is 0.698. The van der Waals surface area contributed by atoms with Gasteiger partial charge in [0.15, 0.2) is 18.4 Å². The molecule has 0 amide bonds. The number of aliphatic hydroxyl groups excluding tert-OH is 4. The highest BCUT2D eigenvalue weighted by atomic mass is 33.1. The van der Waals surface area contributed by atoms with E-state index in [9.17, 15) is 45.3 Å². The van der Waals surface area contributed by atoms with Gasteiger partial charge >= 0.3 is 11.9 Å². The lowest BCUT2D eigenvalue weighted by Gasteiger charge is -2.48. The van der Waals surface area contributed by atoms with Gasteiger partial charge in [0.05, 0.1) is 48.5 Å². The number of nitrogens with zero attached hydrogens (tertiary/aromatic N) is 1. The minimum absolute atomic E-state index is 0.0664. The Morgan fingerprint density at radius 2 is 1.86 bits per heavy atom. The second-order valence-electron chi connectivity index (χ2n) is 17.2. The van der Waals surface area contributed by atoms with Crippen molar-refractivity contribution in [3.05, 3.63) is 58.7 Å². The number of carbonyl (C=O) groups is 2. The minimum atomic E-state index is -2.91. The molecule has 1 saturated heterocycles. The van der Waals surface area contributed by atoms with Crippen molar-refractivity contribution >= 4 is 39.5 Å². The van der Waals surface area contributed by atoms with E-state index in [0.717, 1.165) is 50.5 Å². The van der Waals surface area contributed by atoms with Crippen LogP contribution in [0.5, 0.6) is 0 Å². The van der Waals surface area contributed by atoms with Crippen LogP contribution >= 0.6 is 21.6 Å². The zero-order chi connectivity index (χ0) is 45.3. The Bertz CT molecular complexity index is 1780. The molecule has 6 aliphatic rings. The third kappa shape index (κ3) is 12.3. The summed E-state index contributed by atoms with van der Waals surface area (Å²) in [5, 5.41) is 77.0. The zero-order valence-corrected chi connectivity index (χ0v) is 37.5.